The Labute approximate surface area is 138 Å². The lowest BCUT2D eigenvalue weighted by atomic mass is 10.0. The molecule has 0 aliphatic carbocycles. The fourth-order valence-electron chi connectivity index (χ4n) is 3.25. The zero-order chi connectivity index (χ0) is 15.9. The minimum Gasteiger partial charge on any atom is -0.353 e. The Morgan fingerprint density at radius 3 is 2.96 bits per heavy atom. The van der Waals surface area contributed by atoms with E-state index in [0.29, 0.717) is 0 Å². The number of nitrogens with zero attached hydrogens (tertiary/aromatic N) is 3. The second-order valence-electron chi connectivity index (χ2n) is 6.02. The summed E-state index contributed by atoms with van der Waals surface area (Å²) in [5.41, 5.74) is 6.24. The van der Waals surface area contributed by atoms with Gasteiger partial charge in [0.1, 0.15) is 5.69 Å². The van der Waals surface area contributed by atoms with Crippen molar-refractivity contribution in [1.82, 2.24) is 30.5 Å². The van der Waals surface area contributed by atoms with E-state index in [4.69, 9.17) is 0 Å². The van der Waals surface area contributed by atoms with Crippen molar-refractivity contribution in [2.45, 2.75) is 6.42 Å². The van der Waals surface area contributed by atoms with Gasteiger partial charge in [-0.2, -0.15) is 5.10 Å². The van der Waals surface area contributed by atoms with E-state index in [2.05, 4.69) is 48.7 Å². The average molecular weight is 316 g/mol. The topological polar surface area (TPSA) is 82.3 Å². The van der Waals surface area contributed by atoms with Crippen molar-refractivity contribution in [1.29, 1.82) is 0 Å². The van der Waals surface area contributed by atoms with Crippen molar-refractivity contribution in [3.05, 3.63) is 48.6 Å². The zero-order valence-corrected chi connectivity index (χ0v) is 13.0. The Morgan fingerprint density at radius 1 is 1.08 bits per heavy atom. The summed E-state index contributed by atoms with van der Waals surface area (Å²) in [7, 11) is 0. The van der Waals surface area contributed by atoms with E-state index in [1.807, 2.05) is 18.5 Å². The first-order chi connectivity index (χ1) is 11.9. The lowest BCUT2D eigenvalue weighted by Crippen LogP contribution is -2.20. The molecule has 5 rings (SSSR count). The van der Waals surface area contributed by atoms with E-state index < -0.39 is 0 Å². The van der Waals surface area contributed by atoms with E-state index in [1.165, 1.54) is 5.57 Å². The van der Waals surface area contributed by atoms with Gasteiger partial charge in [-0.25, -0.2) is 0 Å². The molecule has 1 aliphatic rings. The summed E-state index contributed by atoms with van der Waals surface area (Å²) in [4.78, 5) is 12.2. The number of hydrogen-bond acceptors (Lipinski definition) is 4. The molecular weight excluding hydrogens is 300 g/mol. The first kappa shape index (κ1) is 13.4. The first-order valence-corrected chi connectivity index (χ1v) is 8.06. The van der Waals surface area contributed by atoms with E-state index in [1.54, 1.807) is 6.20 Å². The van der Waals surface area contributed by atoms with E-state index in [-0.39, 0.29) is 0 Å². The summed E-state index contributed by atoms with van der Waals surface area (Å²) in [5, 5.41) is 13.1. The van der Waals surface area contributed by atoms with E-state index in [0.717, 1.165) is 58.4 Å². The number of rotatable bonds is 2. The lowest BCUT2D eigenvalue weighted by molar-refractivity contribution is 0.737. The van der Waals surface area contributed by atoms with Crippen molar-refractivity contribution < 1.29 is 0 Å². The molecule has 0 unspecified atom stereocenters. The van der Waals surface area contributed by atoms with Crippen LogP contribution >= 0.6 is 0 Å². The van der Waals surface area contributed by atoms with Crippen LogP contribution in [0.3, 0.4) is 0 Å². The maximum Gasteiger partial charge on any atom is 0.116 e. The molecule has 0 amide bonds. The average Bonchev–Trinajstić information content (AvgIpc) is 3.25. The molecule has 0 bridgehead atoms. The summed E-state index contributed by atoms with van der Waals surface area (Å²) < 4.78 is 0. The number of aromatic amines is 2. The molecule has 24 heavy (non-hydrogen) atoms. The second-order valence-corrected chi connectivity index (χ2v) is 6.02. The van der Waals surface area contributed by atoms with Crippen molar-refractivity contribution in [2.24, 2.45) is 0 Å². The molecular formula is C18H16N6. The van der Waals surface area contributed by atoms with Crippen LogP contribution in [0.5, 0.6) is 0 Å². The van der Waals surface area contributed by atoms with Gasteiger partial charge in [0, 0.05) is 35.2 Å². The van der Waals surface area contributed by atoms with Crippen molar-refractivity contribution in [3.8, 4) is 11.4 Å². The van der Waals surface area contributed by atoms with Crippen molar-refractivity contribution >= 4 is 27.4 Å². The Bertz CT molecular complexity index is 1040. The number of fused-ring (bicyclic) bond motifs is 2. The maximum absolute atomic E-state index is 4.59. The predicted octanol–water partition coefficient (Wildman–Crippen LogP) is 2.88. The minimum absolute atomic E-state index is 0.905. The molecule has 6 nitrogen and oxygen atoms in total. The summed E-state index contributed by atoms with van der Waals surface area (Å²) in [6, 6.07) is 6.19. The van der Waals surface area contributed by atoms with Gasteiger partial charge in [0.15, 0.2) is 0 Å². The Hall–Kier alpha value is -2.99. The molecule has 4 aromatic rings. The molecule has 3 N–H and O–H groups in total. The van der Waals surface area contributed by atoms with Crippen LogP contribution in [-0.2, 0) is 0 Å². The third kappa shape index (κ3) is 2.11. The molecule has 0 radical (unpaired) electrons. The van der Waals surface area contributed by atoms with Gasteiger partial charge in [-0.05, 0) is 36.7 Å². The molecule has 0 aromatic carbocycles. The predicted molar refractivity (Wildman–Crippen MR) is 94.4 cm³/mol. The number of hydrogen-bond donors (Lipinski definition) is 3. The summed E-state index contributed by atoms with van der Waals surface area (Å²) in [6.07, 6.45) is 8.73. The smallest absolute Gasteiger partial charge is 0.116 e. The van der Waals surface area contributed by atoms with Crippen LogP contribution in [0.15, 0.2) is 42.9 Å². The monoisotopic (exact) mass is 316 g/mol. The van der Waals surface area contributed by atoms with Gasteiger partial charge >= 0.3 is 0 Å². The van der Waals surface area contributed by atoms with Crippen LogP contribution in [0.2, 0.25) is 0 Å². The summed E-state index contributed by atoms with van der Waals surface area (Å²) in [6.45, 7) is 1.90. The van der Waals surface area contributed by atoms with Crippen LogP contribution in [-0.4, -0.2) is 38.2 Å². The third-order valence-electron chi connectivity index (χ3n) is 4.52. The normalized spacial score (nSPS) is 15.1. The van der Waals surface area contributed by atoms with E-state index in [9.17, 15) is 0 Å². The molecule has 6 heteroatoms. The molecule has 4 aromatic heterocycles. The number of aromatic nitrogens is 5. The minimum atomic E-state index is 0.905. The number of H-pyrrole nitrogens is 2. The standard InChI is InChI=1S/C18H16N6/c1-4-19-5-2-11(1)15-8-13-17(10-21-15)23-24-18(13)16-7-12-9-20-6-3-14(12)22-16/h1,3,6-10,19,22H,2,4-5H2,(H,23,24). The summed E-state index contributed by atoms with van der Waals surface area (Å²) >= 11 is 0. The molecule has 0 saturated heterocycles. The lowest BCUT2D eigenvalue weighted by Gasteiger charge is -2.13. The largest absolute Gasteiger partial charge is 0.353 e. The Kier molecular flexibility index (Phi) is 2.96. The molecule has 0 spiro atoms. The molecule has 5 heterocycles. The van der Waals surface area contributed by atoms with Crippen LogP contribution in [0.25, 0.3) is 38.8 Å². The Balaban J connectivity index is 1.66. The van der Waals surface area contributed by atoms with Gasteiger partial charge in [0.05, 0.1) is 23.1 Å². The third-order valence-corrected chi connectivity index (χ3v) is 4.52. The van der Waals surface area contributed by atoms with Gasteiger partial charge in [0.25, 0.3) is 0 Å². The molecule has 0 atom stereocenters. The van der Waals surface area contributed by atoms with Crippen LogP contribution < -0.4 is 5.32 Å². The Morgan fingerprint density at radius 2 is 2.08 bits per heavy atom. The number of pyridine rings is 2. The number of nitrogens with one attached hydrogen (secondary N) is 3. The van der Waals surface area contributed by atoms with Crippen molar-refractivity contribution in [2.75, 3.05) is 13.1 Å². The molecule has 1 aliphatic heterocycles. The van der Waals surface area contributed by atoms with Crippen LogP contribution in [0.4, 0.5) is 0 Å². The fourth-order valence-corrected chi connectivity index (χ4v) is 3.25. The van der Waals surface area contributed by atoms with Gasteiger partial charge < -0.3 is 10.3 Å². The van der Waals surface area contributed by atoms with Crippen LogP contribution in [0.1, 0.15) is 12.1 Å². The molecule has 118 valence electrons. The van der Waals surface area contributed by atoms with Crippen LogP contribution in [0, 0.1) is 0 Å². The summed E-state index contributed by atoms with van der Waals surface area (Å²) in [5.74, 6) is 0. The zero-order valence-electron chi connectivity index (χ0n) is 13.0. The highest BCUT2D eigenvalue weighted by molar-refractivity contribution is 5.96. The van der Waals surface area contributed by atoms with Gasteiger partial charge in [-0.1, -0.05) is 6.08 Å². The van der Waals surface area contributed by atoms with E-state index >= 15 is 0 Å². The van der Waals surface area contributed by atoms with Crippen molar-refractivity contribution in [3.63, 3.8) is 0 Å². The first-order valence-electron chi connectivity index (χ1n) is 8.06. The highest BCUT2D eigenvalue weighted by Gasteiger charge is 2.14. The fraction of sp³-hybridized carbons (Fsp3) is 0.167. The van der Waals surface area contributed by atoms with Gasteiger partial charge in [-0.15, -0.1) is 0 Å². The van der Waals surface area contributed by atoms with Gasteiger partial charge in [0.2, 0.25) is 0 Å². The molecule has 0 saturated carbocycles. The molecule has 0 fully saturated rings. The highest BCUT2D eigenvalue weighted by atomic mass is 15.1. The quantitative estimate of drug-likeness (QED) is 0.531. The maximum atomic E-state index is 4.59. The second kappa shape index (κ2) is 5.28. The van der Waals surface area contributed by atoms with Gasteiger partial charge in [-0.3, -0.25) is 15.1 Å². The SMILES string of the molecule is C1=C(c2cc3c(-c4cc5cnccc5[nH]4)n[nH]c3cn2)CCNC1. The highest BCUT2D eigenvalue weighted by Crippen LogP contribution is 2.30.